The van der Waals surface area contributed by atoms with E-state index in [0.29, 0.717) is 0 Å². The minimum atomic E-state index is -3.39. The molecular formula is C12H15ClF2O2S. The van der Waals surface area contributed by atoms with Crippen LogP contribution in [0.25, 0.3) is 0 Å². The Morgan fingerprint density at radius 2 is 1.89 bits per heavy atom. The van der Waals surface area contributed by atoms with Gasteiger partial charge in [0, 0.05) is 6.26 Å². The van der Waals surface area contributed by atoms with Crippen molar-refractivity contribution in [2.24, 2.45) is 0 Å². The largest absolute Gasteiger partial charge is 0.229 e. The maximum atomic E-state index is 13.5. The molecule has 1 aromatic rings. The van der Waals surface area contributed by atoms with E-state index in [9.17, 15) is 17.2 Å². The lowest BCUT2D eigenvalue weighted by Crippen LogP contribution is -2.41. The highest BCUT2D eigenvalue weighted by atomic mass is 35.5. The normalized spacial score (nSPS) is 14.6. The van der Waals surface area contributed by atoms with Gasteiger partial charge >= 0.3 is 0 Å². The van der Waals surface area contributed by atoms with Crippen LogP contribution in [0.5, 0.6) is 0 Å². The Labute approximate surface area is 111 Å². The average Bonchev–Trinajstić information content (AvgIpc) is 2.23. The number of rotatable bonds is 4. The molecule has 0 radical (unpaired) electrons. The summed E-state index contributed by atoms with van der Waals surface area (Å²) in [5, 5.41) is -0.844. The molecule has 2 nitrogen and oxygen atoms in total. The molecule has 0 saturated carbocycles. The summed E-state index contributed by atoms with van der Waals surface area (Å²) in [5.74, 6) is -1.94. The van der Waals surface area contributed by atoms with Gasteiger partial charge in [-0.2, -0.15) is 0 Å². The fraction of sp³-hybridized carbons (Fsp3) is 0.500. The van der Waals surface area contributed by atoms with Gasteiger partial charge in [0.15, 0.2) is 21.5 Å². The maximum Gasteiger partial charge on any atom is 0.162 e. The van der Waals surface area contributed by atoms with E-state index in [-0.39, 0.29) is 12.0 Å². The van der Waals surface area contributed by atoms with E-state index in [0.717, 1.165) is 12.3 Å². The van der Waals surface area contributed by atoms with Crippen LogP contribution in [0.1, 0.15) is 19.4 Å². The average molecular weight is 297 g/mol. The van der Waals surface area contributed by atoms with Crippen molar-refractivity contribution >= 4 is 21.4 Å². The fourth-order valence-electron chi connectivity index (χ4n) is 1.38. The van der Waals surface area contributed by atoms with Gasteiger partial charge in [-0.3, -0.25) is 0 Å². The highest BCUT2D eigenvalue weighted by Crippen LogP contribution is 2.28. The molecule has 0 amide bonds. The molecule has 0 saturated heterocycles. The first kappa shape index (κ1) is 15.4. The van der Waals surface area contributed by atoms with Crippen LogP contribution in [-0.2, 0) is 16.3 Å². The number of benzene rings is 1. The smallest absolute Gasteiger partial charge is 0.162 e. The summed E-state index contributed by atoms with van der Waals surface area (Å²) in [4.78, 5) is 0. The van der Waals surface area contributed by atoms with Crippen LogP contribution < -0.4 is 0 Å². The molecule has 1 unspecified atom stereocenters. The Balaban J connectivity index is 3.02. The molecule has 0 heterocycles. The topological polar surface area (TPSA) is 34.1 Å². The molecule has 18 heavy (non-hydrogen) atoms. The second kappa shape index (κ2) is 5.13. The maximum absolute atomic E-state index is 13.5. The van der Waals surface area contributed by atoms with Crippen LogP contribution in [0, 0.1) is 11.6 Å². The van der Waals surface area contributed by atoms with Gasteiger partial charge in [-0.25, -0.2) is 17.2 Å². The predicted molar refractivity (Wildman–Crippen MR) is 68.6 cm³/mol. The van der Waals surface area contributed by atoms with Gasteiger partial charge in [0.25, 0.3) is 0 Å². The molecule has 1 rings (SSSR count). The van der Waals surface area contributed by atoms with Gasteiger partial charge < -0.3 is 0 Å². The molecular weight excluding hydrogens is 282 g/mol. The standard InChI is InChI=1S/C12H15ClF2O2S/c1-12(2,18(3,16)17)10(13)7-8-5-4-6-9(14)11(8)15/h4-6,10H,7H2,1-3H3. The number of hydrogen-bond acceptors (Lipinski definition) is 2. The summed E-state index contributed by atoms with van der Waals surface area (Å²) in [5.41, 5.74) is 0.0757. The highest BCUT2D eigenvalue weighted by molar-refractivity contribution is 7.92. The van der Waals surface area contributed by atoms with Crippen molar-refractivity contribution in [3.8, 4) is 0 Å². The SMILES string of the molecule is CC(C)(C(Cl)Cc1cccc(F)c1F)S(C)(=O)=O. The van der Waals surface area contributed by atoms with Crippen molar-refractivity contribution in [3.63, 3.8) is 0 Å². The van der Waals surface area contributed by atoms with Gasteiger partial charge in [-0.05, 0) is 31.9 Å². The Bertz CT molecular complexity index is 541. The summed E-state index contributed by atoms with van der Waals surface area (Å²) in [6.07, 6.45) is 1.02. The third-order valence-electron chi connectivity index (χ3n) is 3.14. The monoisotopic (exact) mass is 296 g/mol. The van der Waals surface area contributed by atoms with E-state index in [1.54, 1.807) is 0 Å². The first-order valence-corrected chi connectivity index (χ1v) is 7.66. The van der Waals surface area contributed by atoms with Crippen molar-refractivity contribution in [1.29, 1.82) is 0 Å². The van der Waals surface area contributed by atoms with Gasteiger partial charge in [-0.1, -0.05) is 12.1 Å². The molecule has 0 aliphatic rings. The summed E-state index contributed by atoms with van der Waals surface area (Å²) in [6.45, 7) is 2.94. The van der Waals surface area contributed by atoms with E-state index in [4.69, 9.17) is 11.6 Å². The third kappa shape index (κ3) is 3.01. The minimum Gasteiger partial charge on any atom is -0.229 e. The van der Waals surface area contributed by atoms with E-state index < -0.39 is 31.6 Å². The van der Waals surface area contributed by atoms with Crippen molar-refractivity contribution in [2.45, 2.75) is 30.4 Å². The van der Waals surface area contributed by atoms with Gasteiger partial charge in [0.1, 0.15) is 0 Å². The molecule has 102 valence electrons. The van der Waals surface area contributed by atoms with E-state index in [1.165, 1.54) is 26.0 Å². The molecule has 1 aromatic carbocycles. The molecule has 0 bridgehead atoms. The molecule has 0 spiro atoms. The Morgan fingerprint density at radius 3 is 2.39 bits per heavy atom. The minimum absolute atomic E-state index is 0.0504. The molecule has 0 fully saturated rings. The lowest BCUT2D eigenvalue weighted by Gasteiger charge is -2.28. The first-order valence-electron chi connectivity index (χ1n) is 5.34. The third-order valence-corrected chi connectivity index (χ3v) is 6.17. The number of hydrogen-bond donors (Lipinski definition) is 0. The first-order chi connectivity index (χ1) is 8.07. The molecule has 1 atom stereocenters. The zero-order valence-electron chi connectivity index (χ0n) is 10.4. The van der Waals surface area contributed by atoms with Gasteiger partial charge in [-0.15, -0.1) is 11.6 Å². The highest BCUT2D eigenvalue weighted by Gasteiger charge is 2.38. The van der Waals surface area contributed by atoms with E-state index in [1.807, 2.05) is 0 Å². The molecule has 6 heteroatoms. The Kier molecular flexibility index (Phi) is 4.38. The second-order valence-corrected chi connectivity index (χ2v) is 7.88. The van der Waals surface area contributed by atoms with Crippen LogP contribution in [0.15, 0.2) is 18.2 Å². The Morgan fingerprint density at radius 1 is 1.33 bits per heavy atom. The molecule has 0 N–H and O–H groups in total. The van der Waals surface area contributed by atoms with Crippen LogP contribution in [0.2, 0.25) is 0 Å². The lowest BCUT2D eigenvalue weighted by atomic mass is 10.0. The van der Waals surface area contributed by atoms with E-state index >= 15 is 0 Å². The van der Waals surface area contributed by atoms with Crippen molar-refractivity contribution < 1.29 is 17.2 Å². The second-order valence-electron chi connectivity index (χ2n) is 4.76. The summed E-state index contributed by atoms with van der Waals surface area (Å²) in [7, 11) is -3.39. The van der Waals surface area contributed by atoms with Crippen molar-refractivity contribution in [2.75, 3.05) is 6.26 Å². The van der Waals surface area contributed by atoms with Gasteiger partial charge in [0.2, 0.25) is 0 Å². The zero-order valence-corrected chi connectivity index (χ0v) is 11.9. The number of halogens is 3. The zero-order chi connectivity index (χ0) is 14.1. The fourth-order valence-corrected chi connectivity index (χ4v) is 2.58. The molecule has 0 aromatic heterocycles. The summed E-state index contributed by atoms with van der Waals surface area (Å²) >= 11 is 6.05. The number of sulfone groups is 1. The van der Waals surface area contributed by atoms with Crippen LogP contribution in [0.3, 0.4) is 0 Å². The number of alkyl halides is 1. The van der Waals surface area contributed by atoms with E-state index in [2.05, 4.69) is 0 Å². The molecule has 0 aliphatic carbocycles. The summed E-state index contributed by atoms with van der Waals surface area (Å²) in [6, 6.07) is 3.76. The van der Waals surface area contributed by atoms with Gasteiger partial charge in [0.05, 0.1) is 10.1 Å². The van der Waals surface area contributed by atoms with Crippen LogP contribution in [0.4, 0.5) is 8.78 Å². The quantitative estimate of drug-likeness (QED) is 0.801. The molecule has 0 aliphatic heterocycles. The van der Waals surface area contributed by atoms with Crippen LogP contribution in [-0.4, -0.2) is 24.8 Å². The summed E-state index contributed by atoms with van der Waals surface area (Å²) < 4.78 is 48.4. The predicted octanol–water partition coefficient (Wildman–Crippen LogP) is 2.94. The lowest BCUT2D eigenvalue weighted by molar-refractivity contribution is 0.490. The van der Waals surface area contributed by atoms with Crippen molar-refractivity contribution in [1.82, 2.24) is 0 Å². The van der Waals surface area contributed by atoms with Crippen LogP contribution >= 0.6 is 11.6 Å². The Hall–Kier alpha value is -0.680. The van der Waals surface area contributed by atoms with Crippen molar-refractivity contribution in [3.05, 3.63) is 35.4 Å².